The fourth-order valence-corrected chi connectivity index (χ4v) is 14.2. The van der Waals surface area contributed by atoms with Gasteiger partial charge in [-0.2, -0.15) is 0 Å². The summed E-state index contributed by atoms with van der Waals surface area (Å²) in [5, 5.41) is 8.73. The molecule has 4 heterocycles. The SMILES string of the molecule is C1=Cc2c(c3ccccc3n2-c2cc(-n3c4ccccc4c4ccccc43)cc(C3(c4cc(-n5c6ccccc6c6ccccc65)cc(-n5c6ccccc6c6ccccc65)c4)c4ccccc4-c4ccccc43)c2)CC1. The minimum Gasteiger partial charge on any atom is -0.310 e. The van der Waals surface area contributed by atoms with E-state index >= 15 is 0 Å². The predicted octanol–water partition coefficient (Wildman–Crippen LogP) is 18.2. The quantitative estimate of drug-likeness (QED) is 0.158. The van der Waals surface area contributed by atoms with E-state index in [0.29, 0.717) is 0 Å². The van der Waals surface area contributed by atoms with Gasteiger partial charge < -0.3 is 18.3 Å². The van der Waals surface area contributed by atoms with Crippen LogP contribution in [0.15, 0.2) is 261 Å². The minimum absolute atomic E-state index is 0.822. The average Bonchev–Trinajstić information content (AvgIpc) is 4.45. The molecule has 0 spiro atoms. The van der Waals surface area contributed by atoms with E-state index in [1.165, 1.54) is 121 Å². The zero-order chi connectivity index (χ0) is 50.3. The van der Waals surface area contributed by atoms with E-state index in [1.54, 1.807) is 0 Å². The van der Waals surface area contributed by atoms with Crippen LogP contribution < -0.4 is 0 Å². The molecule has 0 radical (unpaired) electrons. The van der Waals surface area contributed by atoms with Gasteiger partial charge in [-0.05, 0) is 137 Å². The average molecular weight is 981 g/mol. The van der Waals surface area contributed by atoms with E-state index in [9.17, 15) is 0 Å². The van der Waals surface area contributed by atoms with E-state index in [1.807, 2.05) is 0 Å². The number of benzene rings is 11. The Morgan fingerprint density at radius 3 is 0.961 bits per heavy atom. The second-order valence-electron chi connectivity index (χ2n) is 21.1. The van der Waals surface area contributed by atoms with Crippen molar-refractivity contribution in [3.05, 3.63) is 294 Å². The fourth-order valence-electron chi connectivity index (χ4n) is 14.2. The molecule has 0 atom stereocenters. The molecular formula is C73H48N4. The molecule has 4 heteroatoms. The Hall–Kier alpha value is -9.90. The molecule has 0 amide bonds. The summed E-state index contributed by atoms with van der Waals surface area (Å²) in [5.74, 6) is 0. The lowest BCUT2D eigenvalue weighted by atomic mass is 9.67. The lowest BCUT2D eigenvalue weighted by Crippen LogP contribution is -2.29. The maximum atomic E-state index is 2.56. The molecule has 4 aromatic heterocycles. The highest BCUT2D eigenvalue weighted by Crippen LogP contribution is 2.58. The summed E-state index contributed by atoms with van der Waals surface area (Å²) in [7, 11) is 0. The first-order valence-electron chi connectivity index (χ1n) is 27.0. The molecule has 11 aromatic carbocycles. The number of aromatic nitrogens is 4. The van der Waals surface area contributed by atoms with Gasteiger partial charge in [-0.15, -0.1) is 0 Å². The normalized spacial score (nSPS) is 13.7. The number of allylic oxidation sites excluding steroid dienone is 1. The molecule has 0 aliphatic heterocycles. The van der Waals surface area contributed by atoms with Gasteiger partial charge in [0.25, 0.3) is 0 Å². The van der Waals surface area contributed by atoms with Crippen LogP contribution in [0.1, 0.15) is 39.9 Å². The highest BCUT2D eigenvalue weighted by atomic mass is 15.0. The monoisotopic (exact) mass is 980 g/mol. The van der Waals surface area contributed by atoms with Crippen molar-refractivity contribution in [2.75, 3.05) is 0 Å². The molecule has 0 unspecified atom stereocenters. The smallest absolute Gasteiger partial charge is 0.0716 e. The van der Waals surface area contributed by atoms with Gasteiger partial charge >= 0.3 is 0 Å². The molecule has 360 valence electrons. The van der Waals surface area contributed by atoms with E-state index in [4.69, 9.17) is 0 Å². The Kier molecular flexibility index (Phi) is 8.85. The van der Waals surface area contributed by atoms with Crippen LogP contribution in [0.4, 0.5) is 0 Å². The van der Waals surface area contributed by atoms with E-state index < -0.39 is 5.41 Å². The topological polar surface area (TPSA) is 19.7 Å². The van der Waals surface area contributed by atoms with Crippen molar-refractivity contribution in [3.63, 3.8) is 0 Å². The number of aryl methyl sites for hydroxylation is 1. The molecule has 17 rings (SSSR count). The zero-order valence-electron chi connectivity index (χ0n) is 42.1. The summed E-state index contributed by atoms with van der Waals surface area (Å²) in [5.41, 5.74) is 22.0. The van der Waals surface area contributed by atoms with Gasteiger partial charge in [0, 0.05) is 66.1 Å². The summed E-state index contributed by atoms with van der Waals surface area (Å²) >= 11 is 0. The molecule has 0 saturated carbocycles. The summed E-state index contributed by atoms with van der Waals surface area (Å²) in [6, 6.07) is 96.0. The van der Waals surface area contributed by atoms with Crippen LogP contribution in [-0.2, 0) is 11.8 Å². The predicted molar refractivity (Wildman–Crippen MR) is 321 cm³/mol. The molecule has 77 heavy (non-hydrogen) atoms. The van der Waals surface area contributed by atoms with Crippen LogP contribution in [0.2, 0.25) is 0 Å². The Labute approximate surface area is 444 Å². The molecule has 2 aliphatic carbocycles. The third-order valence-corrected chi connectivity index (χ3v) is 17.3. The molecular weight excluding hydrogens is 933 g/mol. The molecule has 0 N–H and O–H groups in total. The lowest BCUT2D eigenvalue weighted by molar-refractivity contribution is 0.763. The van der Waals surface area contributed by atoms with Gasteiger partial charge in [-0.25, -0.2) is 0 Å². The van der Waals surface area contributed by atoms with Crippen LogP contribution >= 0.6 is 0 Å². The van der Waals surface area contributed by atoms with Crippen LogP contribution in [0.3, 0.4) is 0 Å². The Morgan fingerprint density at radius 2 is 0.584 bits per heavy atom. The lowest BCUT2D eigenvalue weighted by Gasteiger charge is -2.35. The van der Waals surface area contributed by atoms with Gasteiger partial charge in [0.1, 0.15) is 0 Å². The third-order valence-electron chi connectivity index (χ3n) is 17.3. The van der Waals surface area contributed by atoms with Crippen molar-refractivity contribution in [2.45, 2.75) is 18.3 Å². The first kappa shape index (κ1) is 42.5. The van der Waals surface area contributed by atoms with Crippen molar-refractivity contribution in [3.8, 4) is 33.9 Å². The molecule has 4 nitrogen and oxygen atoms in total. The van der Waals surface area contributed by atoms with Gasteiger partial charge in [0.15, 0.2) is 0 Å². The molecule has 0 saturated heterocycles. The van der Waals surface area contributed by atoms with Crippen molar-refractivity contribution in [1.29, 1.82) is 0 Å². The Balaban J connectivity index is 1.07. The highest BCUT2D eigenvalue weighted by molar-refractivity contribution is 6.12. The van der Waals surface area contributed by atoms with E-state index in [0.717, 1.165) is 35.6 Å². The standard InChI is InChI=1S/C73H48N4/c1-11-31-63-53(21-1)54-22-2-12-32-64(54)73(63,47-41-49(74-65-33-13-3-23-55(65)56-24-4-14-34-66(56)74)45-50(42-47)75-67-35-15-5-25-57(67)58-26-6-16-36-68(58)75)48-43-51(76-69-37-17-7-27-59(69)60-28-8-18-38-70(60)76)46-52(44-48)77-71-39-19-9-29-61(71)62-30-10-20-40-72(62)77/h1-9,11-29,31-46H,10,30H2. The van der Waals surface area contributed by atoms with Crippen LogP contribution in [0.5, 0.6) is 0 Å². The number of hydrogen-bond donors (Lipinski definition) is 0. The second-order valence-corrected chi connectivity index (χ2v) is 21.1. The molecule has 2 aliphatic rings. The maximum absolute atomic E-state index is 2.56. The van der Waals surface area contributed by atoms with E-state index in [-0.39, 0.29) is 0 Å². The van der Waals surface area contributed by atoms with Crippen molar-refractivity contribution >= 4 is 82.4 Å². The summed E-state index contributed by atoms with van der Waals surface area (Å²) in [6.45, 7) is 0. The van der Waals surface area contributed by atoms with Gasteiger partial charge in [0.05, 0.1) is 44.0 Å². The molecule has 15 aromatic rings. The van der Waals surface area contributed by atoms with Crippen molar-refractivity contribution in [1.82, 2.24) is 18.3 Å². The Morgan fingerprint density at radius 1 is 0.286 bits per heavy atom. The van der Waals surface area contributed by atoms with Crippen LogP contribution in [-0.4, -0.2) is 18.3 Å². The van der Waals surface area contributed by atoms with Gasteiger partial charge in [-0.3, -0.25) is 0 Å². The maximum Gasteiger partial charge on any atom is 0.0716 e. The summed E-state index contributed by atoms with van der Waals surface area (Å²) in [4.78, 5) is 0. The third kappa shape index (κ3) is 5.82. The first-order chi connectivity index (χ1) is 38.2. The van der Waals surface area contributed by atoms with Gasteiger partial charge in [0.2, 0.25) is 0 Å². The number of hydrogen-bond acceptors (Lipinski definition) is 0. The number of fused-ring (bicyclic) bond motifs is 15. The summed E-state index contributed by atoms with van der Waals surface area (Å²) in [6.07, 6.45) is 6.76. The zero-order valence-corrected chi connectivity index (χ0v) is 42.1. The fraction of sp³-hybridized carbons (Fsp3) is 0.0411. The number of nitrogens with zero attached hydrogens (tertiary/aromatic N) is 4. The summed E-state index contributed by atoms with van der Waals surface area (Å²) < 4.78 is 10.1. The van der Waals surface area contributed by atoms with Gasteiger partial charge in [-0.1, -0.05) is 182 Å². The first-order valence-corrected chi connectivity index (χ1v) is 27.0. The Bertz CT molecular complexity index is 4670. The van der Waals surface area contributed by atoms with E-state index in [2.05, 4.69) is 285 Å². The van der Waals surface area contributed by atoms with Crippen LogP contribution in [0.25, 0.3) is 116 Å². The van der Waals surface area contributed by atoms with Crippen molar-refractivity contribution < 1.29 is 0 Å². The van der Waals surface area contributed by atoms with Crippen LogP contribution in [0, 0.1) is 0 Å². The number of para-hydroxylation sites is 7. The minimum atomic E-state index is -0.822. The highest BCUT2D eigenvalue weighted by Gasteiger charge is 2.47. The molecule has 0 bridgehead atoms. The van der Waals surface area contributed by atoms with Crippen molar-refractivity contribution in [2.24, 2.45) is 0 Å². The molecule has 0 fully saturated rings. The second kappa shape index (κ2) is 16.1. The largest absolute Gasteiger partial charge is 0.310 e. The number of rotatable bonds is 6.